The quantitative estimate of drug-likeness (QED) is 0.516. The molecule has 1 aromatic carbocycles. The van der Waals surface area contributed by atoms with Gasteiger partial charge < -0.3 is 5.32 Å². The first-order valence-electron chi connectivity index (χ1n) is 6.39. The lowest BCUT2D eigenvalue weighted by molar-refractivity contribution is 0.866. The highest BCUT2D eigenvalue weighted by Crippen LogP contribution is 2.08. The van der Waals surface area contributed by atoms with Crippen LogP contribution in [0.25, 0.3) is 0 Å². The van der Waals surface area contributed by atoms with Gasteiger partial charge in [0, 0.05) is 17.8 Å². The predicted octanol–water partition coefficient (Wildman–Crippen LogP) is 3.12. The third-order valence-electron chi connectivity index (χ3n) is 2.73. The highest BCUT2D eigenvalue weighted by Gasteiger charge is 1.99. The monoisotopic (exact) mass is 318 g/mol. The van der Waals surface area contributed by atoms with Crippen LogP contribution in [0.5, 0.6) is 0 Å². The van der Waals surface area contributed by atoms with Gasteiger partial charge in [-0.3, -0.25) is 10.4 Å². The standard InChI is InChI=1S/C15H15ClN4S/c1-11(14-4-2-3-9-17-14)19-20-15(21)18-10-12-5-7-13(16)8-6-12/h2-9H,10H2,1H3,(H2,18,20,21)/b19-11+. The van der Waals surface area contributed by atoms with Gasteiger partial charge in [-0.2, -0.15) is 5.10 Å². The molecule has 0 saturated carbocycles. The second kappa shape index (κ2) is 7.71. The summed E-state index contributed by atoms with van der Waals surface area (Å²) in [5, 5.41) is 8.45. The summed E-state index contributed by atoms with van der Waals surface area (Å²) in [5.74, 6) is 0. The Hall–Kier alpha value is -1.98. The summed E-state index contributed by atoms with van der Waals surface area (Å²) in [6.07, 6.45) is 1.73. The first-order valence-corrected chi connectivity index (χ1v) is 7.18. The Morgan fingerprint density at radius 1 is 1.24 bits per heavy atom. The lowest BCUT2D eigenvalue weighted by Crippen LogP contribution is -2.32. The summed E-state index contributed by atoms with van der Waals surface area (Å²) in [6.45, 7) is 2.48. The second-order valence-electron chi connectivity index (χ2n) is 4.33. The van der Waals surface area contributed by atoms with E-state index in [9.17, 15) is 0 Å². The molecule has 0 saturated heterocycles. The van der Waals surface area contributed by atoms with E-state index in [1.165, 1.54) is 0 Å². The largest absolute Gasteiger partial charge is 0.357 e. The second-order valence-corrected chi connectivity index (χ2v) is 5.18. The molecule has 6 heteroatoms. The first-order chi connectivity index (χ1) is 10.1. The average molecular weight is 319 g/mol. The van der Waals surface area contributed by atoms with Crippen LogP contribution in [-0.4, -0.2) is 15.8 Å². The lowest BCUT2D eigenvalue weighted by Gasteiger charge is -2.08. The maximum atomic E-state index is 5.83. The first kappa shape index (κ1) is 15.4. The van der Waals surface area contributed by atoms with Gasteiger partial charge in [0.05, 0.1) is 11.4 Å². The van der Waals surface area contributed by atoms with Crippen LogP contribution in [0.3, 0.4) is 0 Å². The zero-order chi connectivity index (χ0) is 15.1. The molecule has 0 atom stereocenters. The van der Waals surface area contributed by atoms with E-state index >= 15 is 0 Å². The normalized spacial score (nSPS) is 11.0. The molecule has 0 amide bonds. The van der Waals surface area contributed by atoms with Gasteiger partial charge in [0.1, 0.15) is 0 Å². The van der Waals surface area contributed by atoms with Crippen molar-refractivity contribution in [2.24, 2.45) is 5.10 Å². The summed E-state index contributed by atoms with van der Waals surface area (Å²) >= 11 is 11.0. The molecule has 0 fully saturated rings. The summed E-state index contributed by atoms with van der Waals surface area (Å²) < 4.78 is 0. The van der Waals surface area contributed by atoms with Crippen molar-refractivity contribution >= 4 is 34.6 Å². The third-order valence-corrected chi connectivity index (χ3v) is 3.21. The fourth-order valence-corrected chi connectivity index (χ4v) is 1.84. The van der Waals surface area contributed by atoms with Crippen LogP contribution in [0.2, 0.25) is 5.02 Å². The van der Waals surface area contributed by atoms with E-state index in [-0.39, 0.29) is 0 Å². The Labute approximate surface area is 134 Å². The molecule has 0 radical (unpaired) electrons. The molecular weight excluding hydrogens is 304 g/mol. The molecule has 21 heavy (non-hydrogen) atoms. The molecule has 1 aromatic heterocycles. The van der Waals surface area contributed by atoms with E-state index in [1.54, 1.807) is 6.20 Å². The minimum absolute atomic E-state index is 0.459. The van der Waals surface area contributed by atoms with E-state index in [0.717, 1.165) is 22.0 Å². The molecule has 0 unspecified atom stereocenters. The van der Waals surface area contributed by atoms with Crippen LogP contribution in [0, 0.1) is 0 Å². The minimum Gasteiger partial charge on any atom is -0.357 e. The van der Waals surface area contributed by atoms with Gasteiger partial charge in [-0.25, -0.2) is 0 Å². The topological polar surface area (TPSA) is 49.3 Å². The molecule has 1 heterocycles. The number of hydrazone groups is 1. The Morgan fingerprint density at radius 2 is 2.00 bits per heavy atom. The number of aromatic nitrogens is 1. The number of thiocarbonyl (C=S) groups is 1. The summed E-state index contributed by atoms with van der Waals surface area (Å²) in [7, 11) is 0. The number of rotatable bonds is 4. The Kier molecular flexibility index (Phi) is 5.66. The number of hydrogen-bond acceptors (Lipinski definition) is 3. The average Bonchev–Trinajstić information content (AvgIpc) is 2.53. The van der Waals surface area contributed by atoms with Crippen molar-refractivity contribution in [3.8, 4) is 0 Å². The van der Waals surface area contributed by atoms with E-state index < -0.39 is 0 Å². The fourth-order valence-electron chi connectivity index (χ4n) is 1.59. The molecule has 0 bridgehead atoms. The fraction of sp³-hybridized carbons (Fsp3) is 0.133. The molecule has 108 valence electrons. The van der Waals surface area contributed by atoms with Crippen molar-refractivity contribution in [3.63, 3.8) is 0 Å². The SMILES string of the molecule is C/C(=N\NC(=S)NCc1ccc(Cl)cc1)c1ccccn1. The maximum Gasteiger partial charge on any atom is 0.187 e. The number of halogens is 1. The highest BCUT2D eigenvalue weighted by molar-refractivity contribution is 7.80. The Bertz CT molecular complexity index is 626. The predicted molar refractivity (Wildman–Crippen MR) is 90.5 cm³/mol. The summed E-state index contributed by atoms with van der Waals surface area (Å²) in [5.41, 5.74) is 5.48. The molecule has 0 aliphatic carbocycles. The van der Waals surface area contributed by atoms with Crippen molar-refractivity contribution in [2.75, 3.05) is 0 Å². The van der Waals surface area contributed by atoms with Crippen LogP contribution in [-0.2, 0) is 6.54 Å². The van der Waals surface area contributed by atoms with E-state index in [0.29, 0.717) is 11.7 Å². The van der Waals surface area contributed by atoms with Gasteiger partial charge in [0.2, 0.25) is 0 Å². The molecule has 0 aliphatic rings. The molecule has 0 aliphatic heterocycles. The van der Waals surface area contributed by atoms with E-state index in [1.807, 2.05) is 49.4 Å². The number of nitrogens with one attached hydrogen (secondary N) is 2. The Balaban J connectivity index is 1.83. The maximum absolute atomic E-state index is 5.83. The number of pyridine rings is 1. The van der Waals surface area contributed by atoms with Gasteiger partial charge in [-0.05, 0) is 49.0 Å². The van der Waals surface area contributed by atoms with Gasteiger partial charge >= 0.3 is 0 Å². The summed E-state index contributed by atoms with van der Waals surface area (Å²) in [4.78, 5) is 4.21. The molecule has 0 spiro atoms. The Morgan fingerprint density at radius 3 is 2.67 bits per heavy atom. The highest BCUT2D eigenvalue weighted by atomic mass is 35.5. The van der Waals surface area contributed by atoms with Crippen LogP contribution in [0.15, 0.2) is 53.8 Å². The van der Waals surface area contributed by atoms with Crippen molar-refractivity contribution in [1.29, 1.82) is 0 Å². The molecule has 2 aromatic rings. The van der Waals surface area contributed by atoms with Crippen molar-refractivity contribution in [3.05, 3.63) is 64.9 Å². The zero-order valence-corrected chi connectivity index (χ0v) is 13.1. The van der Waals surface area contributed by atoms with Gasteiger partial charge in [0.25, 0.3) is 0 Å². The van der Waals surface area contributed by atoms with Crippen LogP contribution in [0.1, 0.15) is 18.2 Å². The zero-order valence-electron chi connectivity index (χ0n) is 11.5. The van der Waals surface area contributed by atoms with Gasteiger partial charge in [-0.1, -0.05) is 29.8 Å². The smallest absolute Gasteiger partial charge is 0.187 e. The van der Waals surface area contributed by atoms with Crippen LogP contribution in [0.4, 0.5) is 0 Å². The summed E-state index contributed by atoms with van der Waals surface area (Å²) in [6, 6.07) is 13.3. The molecule has 4 nitrogen and oxygen atoms in total. The van der Waals surface area contributed by atoms with Crippen molar-refractivity contribution < 1.29 is 0 Å². The molecule has 2 N–H and O–H groups in total. The van der Waals surface area contributed by atoms with Gasteiger partial charge in [0.15, 0.2) is 5.11 Å². The molecular formula is C15H15ClN4S. The number of benzene rings is 1. The molecule has 2 rings (SSSR count). The van der Waals surface area contributed by atoms with Crippen molar-refractivity contribution in [1.82, 2.24) is 15.7 Å². The lowest BCUT2D eigenvalue weighted by atomic mass is 10.2. The van der Waals surface area contributed by atoms with Crippen LogP contribution >= 0.6 is 23.8 Å². The minimum atomic E-state index is 0.459. The van der Waals surface area contributed by atoms with Crippen LogP contribution < -0.4 is 10.7 Å². The number of hydrogen-bond donors (Lipinski definition) is 2. The van der Waals surface area contributed by atoms with E-state index in [4.69, 9.17) is 23.8 Å². The van der Waals surface area contributed by atoms with Gasteiger partial charge in [-0.15, -0.1) is 0 Å². The van der Waals surface area contributed by atoms with E-state index in [2.05, 4.69) is 20.8 Å². The number of nitrogens with zero attached hydrogens (tertiary/aromatic N) is 2. The van der Waals surface area contributed by atoms with Crippen molar-refractivity contribution in [2.45, 2.75) is 13.5 Å². The third kappa shape index (κ3) is 5.13.